The summed E-state index contributed by atoms with van der Waals surface area (Å²) in [6, 6.07) is 10.5. The van der Waals surface area contributed by atoms with Crippen LogP contribution in [0.4, 0.5) is 5.69 Å². The van der Waals surface area contributed by atoms with Crippen LogP contribution in [-0.2, 0) is 4.74 Å². The van der Waals surface area contributed by atoms with Gasteiger partial charge in [0, 0.05) is 18.2 Å². The number of aromatic nitrogens is 1. The van der Waals surface area contributed by atoms with E-state index in [2.05, 4.69) is 10.3 Å². The highest BCUT2D eigenvalue weighted by Gasteiger charge is 2.16. The van der Waals surface area contributed by atoms with Crippen LogP contribution in [0.1, 0.15) is 23.2 Å². The zero-order valence-corrected chi connectivity index (χ0v) is 13.5. The first-order valence-electron chi connectivity index (χ1n) is 7.90. The average Bonchev–Trinajstić information content (AvgIpc) is 3.14. The molecule has 2 aromatic rings. The topological polar surface area (TPSA) is 69.7 Å². The van der Waals surface area contributed by atoms with E-state index in [9.17, 15) is 4.79 Å². The number of ether oxygens (including phenoxy) is 3. The Hall–Kier alpha value is -2.60. The second-order valence-corrected chi connectivity index (χ2v) is 5.52. The molecule has 3 rings (SSSR count). The molecule has 1 fully saturated rings. The lowest BCUT2D eigenvalue weighted by atomic mass is 10.2. The molecule has 1 aromatic heterocycles. The molecule has 0 bridgehead atoms. The Morgan fingerprint density at radius 3 is 3.00 bits per heavy atom. The van der Waals surface area contributed by atoms with Crippen molar-refractivity contribution in [1.82, 2.24) is 4.98 Å². The zero-order valence-electron chi connectivity index (χ0n) is 13.5. The molecule has 0 spiro atoms. The van der Waals surface area contributed by atoms with Crippen LogP contribution in [-0.4, -0.2) is 37.3 Å². The van der Waals surface area contributed by atoms with E-state index >= 15 is 0 Å². The molecule has 1 atom stereocenters. The third kappa shape index (κ3) is 4.23. The maximum absolute atomic E-state index is 12.3. The summed E-state index contributed by atoms with van der Waals surface area (Å²) in [5.41, 5.74) is 1.13. The van der Waals surface area contributed by atoms with Crippen molar-refractivity contribution in [2.75, 3.05) is 25.6 Å². The summed E-state index contributed by atoms with van der Waals surface area (Å²) in [5, 5.41) is 2.80. The van der Waals surface area contributed by atoms with E-state index in [0.29, 0.717) is 29.5 Å². The van der Waals surface area contributed by atoms with Crippen LogP contribution in [0.15, 0.2) is 42.6 Å². The number of carbonyl (C=O) groups excluding carboxylic acids is 1. The van der Waals surface area contributed by atoms with Crippen molar-refractivity contribution in [1.29, 1.82) is 0 Å². The third-order valence-electron chi connectivity index (χ3n) is 3.76. The summed E-state index contributed by atoms with van der Waals surface area (Å²) in [7, 11) is 1.54. The van der Waals surface area contributed by atoms with Gasteiger partial charge in [0.2, 0.25) is 5.88 Å². The predicted octanol–water partition coefficient (Wildman–Crippen LogP) is 2.90. The quantitative estimate of drug-likeness (QED) is 0.883. The molecule has 1 saturated heterocycles. The molecule has 1 amide bonds. The Balaban J connectivity index is 1.60. The summed E-state index contributed by atoms with van der Waals surface area (Å²) in [6.07, 6.45) is 3.79. The fourth-order valence-corrected chi connectivity index (χ4v) is 2.47. The van der Waals surface area contributed by atoms with Gasteiger partial charge in [-0.15, -0.1) is 0 Å². The third-order valence-corrected chi connectivity index (χ3v) is 3.76. The number of nitrogens with one attached hydrogen (secondary N) is 1. The van der Waals surface area contributed by atoms with Crippen molar-refractivity contribution in [3.05, 3.63) is 48.2 Å². The maximum Gasteiger partial charge on any atom is 0.255 e. The van der Waals surface area contributed by atoms with Crippen LogP contribution in [0.3, 0.4) is 0 Å². The molecule has 1 N–H and O–H groups in total. The Kier molecular flexibility index (Phi) is 5.28. The molecule has 126 valence electrons. The Labute approximate surface area is 140 Å². The van der Waals surface area contributed by atoms with E-state index in [1.807, 2.05) is 6.07 Å². The second kappa shape index (κ2) is 7.79. The number of nitrogens with zero attached hydrogens (tertiary/aromatic N) is 1. The molecule has 2 heterocycles. The van der Waals surface area contributed by atoms with Crippen molar-refractivity contribution in [3.63, 3.8) is 0 Å². The monoisotopic (exact) mass is 328 g/mol. The predicted molar refractivity (Wildman–Crippen MR) is 89.7 cm³/mol. The minimum atomic E-state index is -0.218. The van der Waals surface area contributed by atoms with E-state index in [4.69, 9.17) is 14.2 Å². The highest BCUT2D eigenvalue weighted by Crippen LogP contribution is 2.18. The van der Waals surface area contributed by atoms with Gasteiger partial charge in [-0.05, 0) is 37.1 Å². The smallest absolute Gasteiger partial charge is 0.255 e. The van der Waals surface area contributed by atoms with Gasteiger partial charge < -0.3 is 19.5 Å². The Morgan fingerprint density at radius 1 is 1.38 bits per heavy atom. The lowest BCUT2D eigenvalue weighted by Gasteiger charge is -2.12. The summed E-state index contributed by atoms with van der Waals surface area (Å²) >= 11 is 0. The molecule has 0 saturated carbocycles. The fourth-order valence-electron chi connectivity index (χ4n) is 2.47. The maximum atomic E-state index is 12.3. The largest absolute Gasteiger partial charge is 0.491 e. The number of anilines is 1. The summed E-state index contributed by atoms with van der Waals surface area (Å²) in [4.78, 5) is 16.4. The van der Waals surface area contributed by atoms with Gasteiger partial charge in [0.15, 0.2) is 0 Å². The van der Waals surface area contributed by atoms with Crippen LogP contribution in [0.2, 0.25) is 0 Å². The van der Waals surface area contributed by atoms with Crippen LogP contribution in [0.5, 0.6) is 11.6 Å². The molecular weight excluding hydrogens is 308 g/mol. The number of rotatable bonds is 6. The van der Waals surface area contributed by atoms with Gasteiger partial charge >= 0.3 is 0 Å². The molecule has 0 unspecified atom stereocenters. The van der Waals surface area contributed by atoms with Gasteiger partial charge in [-0.1, -0.05) is 6.07 Å². The van der Waals surface area contributed by atoms with E-state index in [1.165, 1.54) is 0 Å². The number of benzene rings is 1. The number of hydrogen-bond donors (Lipinski definition) is 1. The Bertz CT molecular complexity index is 682. The molecular formula is C18H20N2O4. The molecule has 0 radical (unpaired) electrons. The van der Waals surface area contributed by atoms with Gasteiger partial charge in [-0.3, -0.25) is 4.79 Å². The molecule has 1 aliphatic rings. The number of methoxy groups -OCH3 is 1. The van der Waals surface area contributed by atoms with E-state index in [1.54, 1.807) is 43.6 Å². The molecule has 0 aliphatic carbocycles. The Morgan fingerprint density at radius 2 is 2.29 bits per heavy atom. The second-order valence-electron chi connectivity index (χ2n) is 5.52. The minimum absolute atomic E-state index is 0.146. The lowest BCUT2D eigenvalue weighted by Crippen LogP contribution is -2.17. The summed E-state index contributed by atoms with van der Waals surface area (Å²) in [6.45, 7) is 1.31. The number of amides is 1. The van der Waals surface area contributed by atoms with Gasteiger partial charge in [-0.25, -0.2) is 4.98 Å². The first-order chi connectivity index (χ1) is 11.7. The minimum Gasteiger partial charge on any atom is -0.491 e. The van der Waals surface area contributed by atoms with Crippen molar-refractivity contribution in [2.24, 2.45) is 0 Å². The van der Waals surface area contributed by atoms with Crippen molar-refractivity contribution < 1.29 is 19.0 Å². The molecule has 6 nitrogen and oxygen atoms in total. The van der Waals surface area contributed by atoms with E-state index in [0.717, 1.165) is 19.4 Å². The number of carbonyl (C=O) groups is 1. The fraction of sp³-hybridized carbons (Fsp3) is 0.333. The first-order valence-corrected chi connectivity index (χ1v) is 7.90. The van der Waals surface area contributed by atoms with Crippen LogP contribution in [0, 0.1) is 0 Å². The van der Waals surface area contributed by atoms with Crippen molar-refractivity contribution in [2.45, 2.75) is 18.9 Å². The van der Waals surface area contributed by atoms with Crippen molar-refractivity contribution in [3.8, 4) is 11.6 Å². The molecule has 6 heteroatoms. The lowest BCUT2D eigenvalue weighted by molar-refractivity contribution is 0.0679. The van der Waals surface area contributed by atoms with Crippen LogP contribution < -0.4 is 14.8 Å². The first kappa shape index (κ1) is 16.3. The highest BCUT2D eigenvalue weighted by molar-refractivity contribution is 6.04. The standard InChI is InChI=1S/C18H20N2O4/c1-22-17-8-7-14(11-19-17)20-18(21)13-4-2-5-15(10-13)24-12-16-6-3-9-23-16/h2,4-5,7-8,10-11,16H,3,6,9,12H2,1H3,(H,20,21)/t16-/m0/s1. The normalized spacial score (nSPS) is 16.6. The van der Waals surface area contributed by atoms with Crippen molar-refractivity contribution >= 4 is 11.6 Å². The number of pyridine rings is 1. The van der Waals surface area contributed by atoms with Gasteiger partial charge in [0.1, 0.15) is 12.4 Å². The summed E-state index contributed by atoms with van der Waals surface area (Å²) in [5.74, 6) is 0.938. The van der Waals surface area contributed by atoms with Crippen LogP contribution >= 0.6 is 0 Å². The van der Waals surface area contributed by atoms with Crippen LogP contribution in [0.25, 0.3) is 0 Å². The highest BCUT2D eigenvalue weighted by atomic mass is 16.5. The van der Waals surface area contributed by atoms with E-state index in [-0.39, 0.29) is 12.0 Å². The number of hydrogen-bond acceptors (Lipinski definition) is 5. The zero-order chi connectivity index (χ0) is 16.8. The molecule has 1 aromatic carbocycles. The molecule has 24 heavy (non-hydrogen) atoms. The van der Waals surface area contributed by atoms with E-state index < -0.39 is 0 Å². The van der Waals surface area contributed by atoms with Gasteiger partial charge in [0.05, 0.1) is 25.1 Å². The summed E-state index contributed by atoms with van der Waals surface area (Å²) < 4.78 is 16.2. The SMILES string of the molecule is COc1ccc(NC(=O)c2cccc(OC[C@@H]3CCCO3)c2)cn1. The van der Waals surface area contributed by atoms with Gasteiger partial charge in [0.25, 0.3) is 5.91 Å². The average molecular weight is 328 g/mol. The molecule has 1 aliphatic heterocycles. The van der Waals surface area contributed by atoms with Gasteiger partial charge in [-0.2, -0.15) is 0 Å².